The summed E-state index contributed by atoms with van der Waals surface area (Å²) in [6, 6.07) is 0. The molecule has 0 spiro atoms. The van der Waals surface area contributed by atoms with E-state index < -0.39 is 0 Å². The Morgan fingerprint density at radius 2 is 1.50 bits per heavy atom. The quantitative estimate of drug-likeness (QED) is 0.482. The molecule has 1 unspecified atom stereocenters. The van der Waals surface area contributed by atoms with Crippen molar-refractivity contribution < 1.29 is 0 Å². The maximum Gasteiger partial charge on any atom is -0.0240 e. The lowest BCUT2D eigenvalue weighted by atomic mass is 9.60. The van der Waals surface area contributed by atoms with Gasteiger partial charge < -0.3 is 0 Å². The van der Waals surface area contributed by atoms with Crippen LogP contribution in [0.25, 0.3) is 0 Å². The molecule has 2 radical (unpaired) electrons. The van der Waals surface area contributed by atoms with Crippen molar-refractivity contribution in [1.82, 2.24) is 0 Å². The zero-order chi connectivity index (χ0) is 7.83. The van der Waals surface area contributed by atoms with E-state index in [-0.39, 0.29) is 5.41 Å². The highest BCUT2D eigenvalue weighted by molar-refractivity contribution is 4.94. The Morgan fingerprint density at radius 3 is 1.80 bits per heavy atom. The third kappa shape index (κ3) is 1.21. The maximum absolute atomic E-state index is 6.16. The predicted molar refractivity (Wildman–Crippen MR) is 44.7 cm³/mol. The van der Waals surface area contributed by atoms with Gasteiger partial charge in [0.2, 0.25) is 0 Å². The minimum Gasteiger partial charge on any atom is -0.0594 e. The van der Waals surface area contributed by atoms with Gasteiger partial charge >= 0.3 is 0 Å². The first-order chi connectivity index (χ1) is 4.46. The van der Waals surface area contributed by atoms with E-state index in [1.807, 2.05) is 0 Å². The van der Waals surface area contributed by atoms with Crippen molar-refractivity contribution in [2.75, 3.05) is 0 Å². The molecule has 0 N–H and O–H groups in total. The third-order valence-corrected chi connectivity index (χ3v) is 3.29. The Balaban J connectivity index is 2.70. The number of rotatable bonds is 0. The van der Waals surface area contributed by atoms with Crippen molar-refractivity contribution in [3.05, 3.63) is 6.92 Å². The van der Waals surface area contributed by atoms with Crippen LogP contribution < -0.4 is 0 Å². The van der Waals surface area contributed by atoms with Crippen LogP contribution in [0.1, 0.15) is 46.5 Å². The first-order valence-corrected chi connectivity index (χ1v) is 4.25. The highest BCUT2D eigenvalue weighted by atomic mass is 14.4. The molecule has 0 aliphatic heterocycles. The van der Waals surface area contributed by atoms with Gasteiger partial charge in [-0.3, -0.25) is 0 Å². The molecule has 10 heavy (non-hydrogen) atoms. The van der Waals surface area contributed by atoms with Crippen LogP contribution in [0.3, 0.4) is 0 Å². The van der Waals surface area contributed by atoms with Gasteiger partial charge in [0.1, 0.15) is 0 Å². The average molecular weight is 138 g/mol. The first-order valence-electron chi connectivity index (χ1n) is 4.25. The predicted octanol–water partition coefficient (Wildman–Crippen LogP) is 3.30. The summed E-state index contributed by atoms with van der Waals surface area (Å²) in [5.41, 5.74) is 0.427. The van der Waals surface area contributed by atoms with Gasteiger partial charge in [-0.2, -0.15) is 0 Å². The van der Waals surface area contributed by atoms with Crippen molar-refractivity contribution in [2.24, 2.45) is 10.8 Å². The minimum absolute atomic E-state index is 0.0747. The molecule has 0 amide bonds. The molecule has 0 heterocycles. The van der Waals surface area contributed by atoms with Crippen molar-refractivity contribution in [3.63, 3.8) is 0 Å². The second-order valence-corrected chi connectivity index (χ2v) is 4.51. The molecular weight excluding hydrogens is 120 g/mol. The highest BCUT2D eigenvalue weighted by Gasteiger charge is 2.38. The molecule has 1 fully saturated rings. The monoisotopic (exact) mass is 138 g/mol. The number of hydrogen-bond acceptors (Lipinski definition) is 0. The topological polar surface area (TPSA) is 0 Å². The molecule has 0 saturated heterocycles. The molecule has 1 aliphatic carbocycles. The molecule has 0 aromatic heterocycles. The summed E-state index contributed by atoms with van der Waals surface area (Å²) in [5, 5.41) is 0. The normalized spacial score (nSPS) is 30.0. The Bertz CT molecular complexity index is 104. The van der Waals surface area contributed by atoms with Crippen LogP contribution in [0.2, 0.25) is 0 Å². The van der Waals surface area contributed by atoms with E-state index in [1.165, 1.54) is 25.7 Å². The Kier molecular flexibility index (Phi) is 1.82. The SMILES string of the molecule is [CH]C1(C)CCCCC1(C)C. The lowest BCUT2D eigenvalue weighted by Gasteiger charge is -2.45. The zero-order valence-corrected chi connectivity index (χ0v) is 7.41. The van der Waals surface area contributed by atoms with Crippen LogP contribution in [0.5, 0.6) is 0 Å². The first kappa shape index (κ1) is 8.10. The van der Waals surface area contributed by atoms with Crippen molar-refractivity contribution >= 4 is 0 Å². The molecule has 1 rings (SSSR count). The molecule has 1 saturated carbocycles. The van der Waals surface area contributed by atoms with Gasteiger partial charge in [0.15, 0.2) is 0 Å². The molecule has 0 heteroatoms. The van der Waals surface area contributed by atoms with Crippen LogP contribution in [0, 0.1) is 17.8 Å². The van der Waals surface area contributed by atoms with E-state index in [0.29, 0.717) is 5.41 Å². The van der Waals surface area contributed by atoms with Gasteiger partial charge in [0.05, 0.1) is 0 Å². The van der Waals surface area contributed by atoms with Gasteiger partial charge in [-0.25, -0.2) is 0 Å². The van der Waals surface area contributed by atoms with E-state index in [1.54, 1.807) is 0 Å². The standard InChI is InChI=1S/C10H18/c1-9(2)7-5-6-8-10(9,3)4/h1H,5-8H2,2-4H3. The second kappa shape index (κ2) is 2.25. The Hall–Kier alpha value is 0. The van der Waals surface area contributed by atoms with Gasteiger partial charge in [0, 0.05) is 0 Å². The molecule has 1 atom stereocenters. The van der Waals surface area contributed by atoms with Crippen LogP contribution in [0.15, 0.2) is 0 Å². The van der Waals surface area contributed by atoms with Gasteiger partial charge in [-0.05, 0) is 30.6 Å². The summed E-state index contributed by atoms with van der Waals surface area (Å²) in [7, 11) is 0. The van der Waals surface area contributed by atoms with Crippen molar-refractivity contribution in [1.29, 1.82) is 0 Å². The molecule has 1 aliphatic rings. The molecule has 0 bridgehead atoms. The molecule has 0 nitrogen and oxygen atoms in total. The summed E-state index contributed by atoms with van der Waals surface area (Å²) in [5.74, 6) is 0. The minimum atomic E-state index is 0.0747. The van der Waals surface area contributed by atoms with E-state index in [2.05, 4.69) is 20.8 Å². The van der Waals surface area contributed by atoms with Crippen molar-refractivity contribution in [2.45, 2.75) is 46.5 Å². The lowest BCUT2D eigenvalue weighted by Crippen LogP contribution is -2.35. The smallest absolute Gasteiger partial charge is 0.0240 e. The zero-order valence-electron chi connectivity index (χ0n) is 7.41. The van der Waals surface area contributed by atoms with E-state index >= 15 is 0 Å². The van der Waals surface area contributed by atoms with E-state index in [4.69, 9.17) is 6.92 Å². The lowest BCUT2D eigenvalue weighted by molar-refractivity contribution is 0.0778. The maximum atomic E-state index is 6.16. The van der Waals surface area contributed by atoms with E-state index in [0.717, 1.165) is 0 Å². The summed E-state index contributed by atoms with van der Waals surface area (Å²) in [6.45, 7) is 12.9. The third-order valence-electron chi connectivity index (χ3n) is 3.29. The summed E-state index contributed by atoms with van der Waals surface area (Å²) in [4.78, 5) is 0. The highest BCUT2D eigenvalue weighted by Crippen LogP contribution is 2.49. The fourth-order valence-corrected chi connectivity index (χ4v) is 1.68. The summed E-state index contributed by atoms with van der Waals surface area (Å²) < 4.78 is 0. The largest absolute Gasteiger partial charge is 0.0594 e. The summed E-state index contributed by atoms with van der Waals surface area (Å²) >= 11 is 0. The number of hydrogen-bond donors (Lipinski definition) is 0. The Labute approximate surface area is 65.0 Å². The van der Waals surface area contributed by atoms with Crippen LogP contribution >= 0.6 is 0 Å². The van der Waals surface area contributed by atoms with Gasteiger partial charge in [-0.1, -0.05) is 33.6 Å². The molecule has 0 aromatic rings. The summed E-state index contributed by atoms with van der Waals surface area (Å²) in [6.07, 6.45) is 5.16. The van der Waals surface area contributed by atoms with Crippen LogP contribution in [-0.2, 0) is 0 Å². The molecular formula is C10H18. The fraction of sp³-hybridized carbons (Fsp3) is 0.900. The molecule has 0 aromatic carbocycles. The second-order valence-electron chi connectivity index (χ2n) is 4.51. The van der Waals surface area contributed by atoms with Crippen LogP contribution in [0.4, 0.5) is 0 Å². The van der Waals surface area contributed by atoms with Crippen LogP contribution in [-0.4, -0.2) is 0 Å². The van der Waals surface area contributed by atoms with E-state index in [9.17, 15) is 0 Å². The van der Waals surface area contributed by atoms with Crippen molar-refractivity contribution in [3.8, 4) is 0 Å². The molecule has 58 valence electrons. The van der Waals surface area contributed by atoms with Gasteiger partial charge in [-0.15, -0.1) is 0 Å². The Morgan fingerprint density at radius 1 is 1.00 bits per heavy atom. The fourth-order valence-electron chi connectivity index (χ4n) is 1.68. The van der Waals surface area contributed by atoms with Gasteiger partial charge in [0.25, 0.3) is 0 Å². The average Bonchev–Trinajstić information content (AvgIpc) is 1.77.